The molecule has 0 bridgehead atoms. The Morgan fingerprint density at radius 2 is 2.86 bits per heavy atom. The normalized spacial score (nSPS) is 19.3. The first-order valence-corrected chi connectivity index (χ1v) is 2.95. The smallest absolute Gasteiger partial charge is 0.199 e. The van der Waals surface area contributed by atoms with Crippen LogP contribution in [-0.4, -0.2) is 18.8 Å². The van der Waals surface area contributed by atoms with Crippen LogP contribution in [0.3, 0.4) is 0 Å². The van der Waals surface area contributed by atoms with Crippen molar-refractivity contribution in [2.75, 3.05) is 12.9 Å². The highest BCUT2D eigenvalue weighted by atomic mass is 32.2. The van der Waals surface area contributed by atoms with Gasteiger partial charge in [0.1, 0.15) is 0 Å². The van der Waals surface area contributed by atoms with Crippen LogP contribution in [0.15, 0.2) is 4.40 Å². The Bertz CT molecular complexity index is 91.7. The fraction of sp³-hybridized carbons (Fsp3) is 0.500. The molecule has 0 amide bonds. The highest BCUT2D eigenvalue weighted by Gasteiger charge is 2.04. The third kappa shape index (κ3) is 1.09. The molecule has 2 nitrogen and oxygen atoms in total. The van der Waals surface area contributed by atoms with Crippen LogP contribution in [0.4, 0.5) is 0 Å². The summed E-state index contributed by atoms with van der Waals surface area (Å²) in [5.41, 5.74) is 0. The minimum absolute atomic E-state index is 0.755. The van der Waals surface area contributed by atoms with Gasteiger partial charge in [-0.2, -0.15) is 4.40 Å². The molecule has 1 aliphatic rings. The van der Waals surface area contributed by atoms with Crippen molar-refractivity contribution in [1.29, 1.82) is 0 Å². The van der Waals surface area contributed by atoms with Crippen LogP contribution < -0.4 is 0 Å². The standard InChI is InChI=1S/C4H6NOS/c1-6-4-2-3-7-5-4/h2H,3H2,1H3. The number of hydrogen-bond donors (Lipinski definition) is 0. The molecule has 1 radical (unpaired) electrons. The van der Waals surface area contributed by atoms with Crippen molar-refractivity contribution in [3.63, 3.8) is 0 Å². The van der Waals surface area contributed by atoms with Gasteiger partial charge in [-0.15, -0.1) is 0 Å². The van der Waals surface area contributed by atoms with Crippen molar-refractivity contribution in [1.82, 2.24) is 0 Å². The maximum atomic E-state index is 4.78. The molecule has 0 spiro atoms. The lowest BCUT2D eigenvalue weighted by atomic mass is 10.5. The number of rotatable bonds is 0. The lowest BCUT2D eigenvalue weighted by Gasteiger charge is -1.90. The average Bonchev–Trinajstić information content (AvgIpc) is 2.14. The molecular formula is C4H6NOS. The van der Waals surface area contributed by atoms with Crippen LogP contribution >= 0.6 is 11.9 Å². The lowest BCUT2D eigenvalue weighted by molar-refractivity contribution is 0.405. The summed E-state index contributed by atoms with van der Waals surface area (Å²) in [6, 6.07) is 0. The summed E-state index contributed by atoms with van der Waals surface area (Å²) in [4.78, 5) is 0. The summed E-state index contributed by atoms with van der Waals surface area (Å²) in [5.74, 6) is 1.72. The second-order valence-corrected chi connectivity index (χ2v) is 1.91. The molecule has 7 heavy (non-hydrogen) atoms. The molecule has 0 N–H and O–H groups in total. The molecule has 1 heterocycles. The molecule has 0 aromatic heterocycles. The maximum absolute atomic E-state index is 4.78. The SMILES string of the molecule is COC1=NSC[CH]1. The van der Waals surface area contributed by atoms with Crippen LogP contribution in [0.5, 0.6) is 0 Å². The van der Waals surface area contributed by atoms with Crippen molar-refractivity contribution in [2.45, 2.75) is 0 Å². The molecule has 0 atom stereocenters. The summed E-state index contributed by atoms with van der Waals surface area (Å²) in [6.45, 7) is 0. The maximum Gasteiger partial charge on any atom is 0.199 e. The Balaban J connectivity index is 2.36. The van der Waals surface area contributed by atoms with Gasteiger partial charge in [0.2, 0.25) is 0 Å². The van der Waals surface area contributed by atoms with E-state index in [1.807, 2.05) is 6.42 Å². The molecule has 0 saturated heterocycles. The quantitative estimate of drug-likeness (QED) is 0.438. The Morgan fingerprint density at radius 1 is 2.00 bits per heavy atom. The molecule has 39 valence electrons. The van der Waals surface area contributed by atoms with Gasteiger partial charge in [0.25, 0.3) is 0 Å². The molecule has 0 aromatic rings. The fourth-order valence-corrected chi connectivity index (χ4v) is 0.935. The Morgan fingerprint density at radius 3 is 3.14 bits per heavy atom. The van der Waals surface area contributed by atoms with E-state index in [0.717, 1.165) is 11.7 Å². The van der Waals surface area contributed by atoms with Gasteiger partial charge in [0.15, 0.2) is 5.90 Å². The molecule has 0 unspecified atom stereocenters. The monoisotopic (exact) mass is 116 g/mol. The van der Waals surface area contributed by atoms with E-state index >= 15 is 0 Å². The predicted molar refractivity (Wildman–Crippen MR) is 31.2 cm³/mol. The largest absolute Gasteiger partial charge is 0.483 e. The molecule has 0 fully saturated rings. The summed E-state index contributed by atoms with van der Waals surface area (Å²) in [7, 11) is 1.63. The van der Waals surface area contributed by atoms with Gasteiger partial charge in [-0.3, -0.25) is 0 Å². The molecule has 1 aliphatic heterocycles. The molecule has 0 aromatic carbocycles. The van der Waals surface area contributed by atoms with E-state index in [4.69, 9.17) is 4.74 Å². The van der Waals surface area contributed by atoms with E-state index < -0.39 is 0 Å². The molecule has 0 saturated carbocycles. The van der Waals surface area contributed by atoms with Gasteiger partial charge in [-0.05, 0) is 11.9 Å². The van der Waals surface area contributed by atoms with E-state index in [1.165, 1.54) is 11.9 Å². The first-order valence-electron chi connectivity index (χ1n) is 2.00. The van der Waals surface area contributed by atoms with Crippen molar-refractivity contribution in [3.05, 3.63) is 6.42 Å². The number of nitrogens with zero attached hydrogens (tertiary/aromatic N) is 1. The van der Waals surface area contributed by atoms with Crippen molar-refractivity contribution in [3.8, 4) is 0 Å². The second-order valence-electron chi connectivity index (χ2n) is 1.13. The van der Waals surface area contributed by atoms with E-state index in [2.05, 4.69) is 4.40 Å². The van der Waals surface area contributed by atoms with Crippen molar-refractivity contribution >= 4 is 17.8 Å². The van der Waals surface area contributed by atoms with Gasteiger partial charge in [0, 0.05) is 5.75 Å². The van der Waals surface area contributed by atoms with Gasteiger partial charge in [0.05, 0.1) is 13.5 Å². The highest BCUT2D eigenvalue weighted by Crippen LogP contribution is 2.13. The van der Waals surface area contributed by atoms with Gasteiger partial charge >= 0.3 is 0 Å². The zero-order valence-corrected chi connectivity index (χ0v) is 4.86. The summed E-state index contributed by atoms with van der Waals surface area (Å²) in [5, 5.41) is 0. The summed E-state index contributed by atoms with van der Waals surface area (Å²) >= 11 is 1.51. The first kappa shape index (κ1) is 4.97. The van der Waals surface area contributed by atoms with Crippen LogP contribution in [0, 0.1) is 6.42 Å². The predicted octanol–water partition coefficient (Wildman–Crippen LogP) is 0.897. The molecular weight excluding hydrogens is 110 g/mol. The van der Waals surface area contributed by atoms with E-state index in [9.17, 15) is 0 Å². The van der Waals surface area contributed by atoms with Gasteiger partial charge in [-0.1, -0.05) is 0 Å². The van der Waals surface area contributed by atoms with Gasteiger partial charge < -0.3 is 4.74 Å². The molecule has 0 aliphatic carbocycles. The minimum Gasteiger partial charge on any atom is -0.483 e. The second kappa shape index (κ2) is 2.21. The van der Waals surface area contributed by atoms with Crippen LogP contribution in [0.2, 0.25) is 0 Å². The Labute approximate surface area is 47.1 Å². The minimum atomic E-state index is 0.755. The topological polar surface area (TPSA) is 21.6 Å². The number of hydrogen-bond acceptors (Lipinski definition) is 3. The Hall–Kier alpha value is -0.180. The zero-order chi connectivity index (χ0) is 5.11. The van der Waals surface area contributed by atoms with Crippen molar-refractivity contribution in [2.24, 2.45) is 4.40 Å². The van der Waals surface area contributed by atoms with E-state index in [1.54, 1.807) is 7.11 Å². The molecule has 1 rings (SSSR count). The lowest BCUT2D eigenvalue weighted by Crippen LogP contribution is -1.95. The van der Waals surface area contributed by atoms with Crippen LogP contribution in [-0.2, 0) is 4.74 Å². The number of methoxy groups -OCH3 is 1. The van der Waals surface area contributed by atoms with Crippen LogP contribution in [0.1, 0.15) is 0 Å². The first-order chi connectivity index (χ1) is 3.43. The van der Waals surface area contributed by atoms with E-state index in [0.29, 0.717) is 0 Å². The Kier molecular flexibility index (Phi) is 1.57. The van der Waals surface area contributed by atoms with Crippen molar-refractivity contribution < 1.29 is 4.74 Å². The zero-order valence-electron chi connectivity index (χ0n) is 4.05. The third-order valence-corrected chi connectivity index (χ3v) is 1.32. The fourth-order valence-electron chi connectivity index (χ4n) is 0.367. The third-order valence-electron chi connectivity index (χ3n) is 0.696. The van der Waals surface area contributed by atoms with Crippen LogP contribution in [0.25, 0.3) is 0 Å². The summed E-state index contributed by atoms with van der Waals surface area (Å²) < 4.78 is 8.69. The van der Waals surface area contributed by atoms with Gasteiger partial charge in [-0.25, -0.2) is 0 Å². The molecule has 3 heteroatoms. The number of ether oxygens (including phenoxy) is 1. The summed E-state index contributed by atoms with van der Waals surface area (Å²) in [6.07, 6.45) is 1.95. The average molecular weight is 116 g/mol. The highest BCUT2D eigenvalue weighted by molar-refractivity contribution is 7.98. The van der Waals surface area contributed by atoms with E-state index in [-0.39, 0.29) is 0 Å².